The van der Waals surface area contributed by atoms with E-state index >= 15 is 0 Å². The van der Waals surface area contributed by atoms with E-state index < -0.39 is 5.91 Å². The van der Waals surface area contributed by atoms with Gasteiger partial charge in [-0.05, 0) is 34.1 Å². The van der Waals surface area contributed by atoms with Crippen molar-refractivity contribution >= 4 is 27.9 Å². The van der Waals surface area contributed by atoms with Gasteiger partial charge >= 0.3 is 0 Å². The van der Waals surface area contributed by atoms with Crippen molar-refractivity contribution in [3.63, 3.8) is 0 Å². The molecule has 1 heterocycles. The van der Waals surface area contributed by atoms with Crippen LogP contribution in [0.5, 0.6) is 0 Å². The Labute approximate surface area is 78.4 Å². The molecule has 0 unspecified atom stereocenters. The van der Waals surface area contributed by atoms with Gasteiger partial charge in [-0.3, -0.25) is 9.78 Å². The molecule has 3 nitrogen and oxygen atoms in total. The normalized spacial score (nSPS) is 10.4. The van der Waals surface area contributed by atoms with Crippen molar-refractivity contribution in [2.75, 3.05) is 0 Å². The maximum absolute atomic E-state index is 10.4. The average molecular weight is 227 g/mol. The van der Waals surface area contributed by atoms with E-state index in [0.29, 0.717) is 5.69 Å². The van der Waals surface area contributed by atoms with Crippen molar-refractivity contribution in [1.82, 2.24) is 4.98 Å². The molecule has 0 aliphatic carbocycles. The van der Waals surface area contributed by atoms with Crippen LogP contribution in [0.2, 0.25) is 0 Å². The number of amides is 1. The Morgan fingerprint density at radius 2 is 2.42 bits per heavy atom. The summed E-state index contributed by atoms with van der Waals surface area (Å²) in [5, 5.41) is 0. The van der Waals surface area contributed by atoms with Gasteiger partial charge in [-0.25, -0.2) is 0 Å². The van der Waals surface area contributed by atoms with Gasteiger partial charge in [-0.15, -0.1) is 0 Å². The molecule has 1 aromatic heterocycles. The van der Waals surface area contributed by atoms with Crippen LogP contribution in [0.4, 0.5) is 0 Å². The second kappa shape index (κ2) is 4.01. The average Bonchev–Trinajstić information content (AvgIpc) is 2.03. The van der Waals surface area contributed by atoms with Crippen LogP contribution >= 0.6 is 15.9 Å². The van der Waals surface area contributed by atoms with Crippen LogP contribution in [0.15, 0.2) is 28.9 Å². The van der Waals surface area contributed by atoms with Crippen LogP contribution in [-0.4, -0.2) is 10.9 Å². The Bertz CT molecular complexity index is 323. The third-order valence-electron chi connectivity index (χ3n) is 1.19. The van der Waals surface area contributed by atoms with E-state index in [4.69, 9.17) is 5.73 Å². The van der Waals surface area contributed by atoms with Gasteiger partial charge in [0.2, 0.25) is 5.91 Å². The minimum Gasteiger partial charge on any atom is -0.366 e. The summed E-state index contributed by atoms with van der Waals surface area (Å²) in [6.45, 7) is 0. The van der Waals surface area contributed by atoms with E-state index in [2.05, 4.69) is 20.9 Å². The van der Waals surface area contributed by atoms with E-state index in [-0.39, 0.29) is 0 Å². The molecule has 0 bridgehead atoms. The Morgan fingerprint density at radius 1 is 1.67 bits per heavy atom. The molecule has 2 N–H and O–H groups in total. The van der Waals surface area contributed by atoms with Crippen molar-refractivity contribution in [2.24, 2.45) is 5.73 Å². The SMILES string of the molecule is NC(=O)/C=C/c1ncccc1Br. The number of carbonyl (C=O) groups is 1. The van der Waals surface area contributed by atoms with Gasteiger partial charge in [0, 0.05) is 16.7 Å². The second-order valence-electron chi connectivity index (χ2n) is 2.11. The number of primary amides is 1. The molecule has 1 amide bonds. The summed E-state index contributed by atoms with van der Waals surface area (Å²) in [6, 6.07) is 3.64. The molecule has 0 atom stereocenters. The number of pyridine rings is 1. The summed E-state index contributed by atoms with van der Waals surface area (Å²) in [5.41, 5.74) is 5.61. The number of hydrogen-bond acceptors (Lipinski definition) is 2. The molecule has 1 aromatic rings. The van der Waals surface area contributed by atoms with Crippen molar-refractivity contribution in [2.45, 2.75) is 0 Å². The predicted octanol–water partition coefficient (Wildman–Crippen LogP) is 1.34. The highest BCUT2D eigenvalue weighted by Crippen LogP contribution is 2.13. The van der Waals surface area contributed by atoms with Gasteiger partial charge in [0.25, 0.3) is 0 Å². The van der Waals surface area contributed by atoms with Crippen molar-refractivity contribution in [1.29, 1.82) is 0 Å². The highest BCUT2D eigenvalue weighted by molar-refractivity contribution is 9.10. The summed E-state index contributed by atoms with van der Waals surface area (Å²) in [5.74, 6) is -0.479. The first kappa shape index (κ1) is 8.93. The fourth-order valence-electron chi connectivity index (χ4n) is 0.682. The zero-order chi connectivity index (χ0) is 8.97. The first-order valence-electron chi connectivity index (χ1n) is 3.28. The Morgan fingerprint density at radius 3 is 3.00 bits per heavy atom. The highest BCUT2D eigenvalue weighted by atomic mass is 79.9. The topological polar surface area (TPSA) is 56.0 Å². The van der Waals surface area contributed by atoms with Crippen molar-refractivity contribution < 1.29 is 4.79 Å². The number of halogens is 1. The zero-order valence-corrected chi connectivity index (χ0v) is 7.78. The Balaban J connectivity index is 2.89. The fraction of sp³-hybridized carbons (Fsp3) is 0. The lowest BCUT2D eigenvalue weighted by atomic mass is 10.3. The first-order valence-corrected chi connectivity index (χ1v) is 4.07. The lowest BCUT2D eigenvalue weighted by Crippen LogP contribution is -2.05. The second-order valence-corrected chi connectivity index (χ2v) is 2.96. The van der Waals surface area contributed by atoms with Gasteiger partial charge in [0.05, 0.1) is 5.69 Å². The van der Waals surface area contributed by atoms with Gasteiger partial charge in [0.1, 0.15) is 0 Å². The molecule has 1 rings (SSSR count). The minimum absolute atomic E-state index is 0.479. The third-order valence-corrected chi connectivity index (χ3v) is 1.86. The largest absolute Gasteiger partial charge is 0.366 e. The maximum Gasteiger partial charge on any atom is 0.241 e. The van der Waals surface area contributed by atoms with Crippen LogP contribution in [0.25, 0.3) is 6.08 Å². The summed E-state index contributed by atoms with van der Waals surface area (Å²) < 4.78 is 0.836. The van der Waals surface area contributed by atoms with Crippen LogP contribution in [0, 0.1) is 0 Å². The molecule has 0 spiro atoms. The molecular formula is C8H7BrN2O. The van der Waals surface area contributed by atoms with Crippen molar-refractivity contribution in [3.8, 4) is 0 Å². The fourth-order valence-corrected chi connectivity index (χ4v) is 1.07. The lowest BCUT2D eigenvalue weighted by molar-refractivity contribution is -0.113. The summed E-state index contributed by atoms with van der Waals surface area (Å²) in [7, 11) is 0. The van der Waals surface area contributed by atoms with Gasteiger partial charge in [0.15, 0.2) is 0 Å². The van der Waals surface area contributed by atoms with Crippen LogP contribution < -0.4 is 5.73 Å². The monoisotopic (exact) mass is 226 g/mol. The molecule has 0 aromatic carbocycles. The molecule has 0 aliphatic heterocycles. The van der Waals surface area contributed by atoms with E-state index in [1.54, 1.807) is 18.3 Å². The maximum atomic E-state index is 10.4. The molecule has 0 aliphatic rings. The minimum atomic E-state index is -0.479. The predicted molar refractivity (Wildman–Crippen MR) is 50.2 cm³/mol. The summed E-state index contributed by atoms with van der Waals surface area (Å²) in [6.07, 6.45) is 4.48. The molecule has 0 fully saturated rings. The van der Waals surface area contributed by atoms with Gasteiger partial charge in [-0.1, -0.05) is 0 Å². The first-order chi connectivity index (χ1) is 5.70. The molecule has 4 heteroatoms. The Hall–Kier alpha value is -1.16. The van der Waals surface area contributed by atoms with E-state index in [1.165, 1.54) is 6.08 Å². The number of nitrogens with two attached hydrogens (primary N) is 1. The molecule has 0 radical (unpaired) electrons. The van der Waals surface area contributed by atoms with Crippen LogP contribution in [0.3, 0.4) is 0 Å². The summed E-state index contributed by atoms with van der Waals surface area (Å²) >= 11 is 3.28. The molecule has 0 saturated heterocycles. The van der Waals surface area contributed by atoms with Crippen molar-refractivity contribution in [3.05, 3.63) is 34.6 Å². The number of aromatic nitrogens is 1. The smallest absolute Gasteiger partial charge is 0.241 e. The highest BCUT2D eigenvalue weighted by Gasteiger charge is 1.94. The van der Waals surface area contributed by atoms with Crippen LogP contribution in [-0.2, 0) is 4.79 Å². The number of hydrogen-bond donors (Lipinski definition) is 1. The zero-order valence-electron chi connectivity index (χ0n) is 6.20. The Kier molecular flexibility index (Phi) is 2.99. The lowest BCUT2D eigenvalue weighted by Gasteiger charge is -1.93. The van der Waals surface area contributed by atoms with Crippen LogP contribution in [0.1, 0.15) is 5.69 Å². The van der Waals surface area contributed by atoms with Gasteiger partial charge < -0.3 is 5.73 Å². The number of carbonyl (C=O) groups excluding carboxylic acids is 1. The van der Waals surface area contributed by atoms with E-state index in [1.807, 2.05) is 6.07 Å². The number of nitrogens with zero attached hydrogens (tertiary/aromatic N) is 1. The molecular weight excluding hydrogens is 220 g/mol. The number of rotatable bonds is 2. The summed E-state index contributed by atoms with van der Waals surface area (Å²) in [4.78, 5) is 14.4. The molecule has 12 heavy (non-hydrogen) atoms. The quantitative estimate of drug-likeness (QED) is 0.775. The van der Waals surface area contributed by atoms with E-state index in [0.717, 1.165) is 4.47 Å². The third kappa shape index (κ3) is 2.47. The van der Waals surface area contributed by atoms with Gasteiger partial charge in [-0.2, -0.15) is 0 Å². The molecule has 62 valence electrons. The molecule has 0 saturated carbocycles. The standard InChI is InChI=1S/C8H7BrN2O/c9-6-2-1-5-11-7(6)3-4-8(10)12/h1-5H,(H2,10,12)/b4-3+. The van der Waals surface area contributed by atoms with E-state index in [9.17, 15) is 4.79 Å².